The summed E-state index contributed by atoms with van der Waals surface area (Å²) in [6.45, 7) is 0. The van der Waals surface area contributed by atoms with Crippen LogP contribution in [-0.2, 0) is 0 Å². The maximum Gasteiger partial charge on any atom is 0.237 e. The van der Waals surface area contributed by atoms with Crippen molar-refractivity contribution in [2.24, 2.45) is 0 Å². The fourth-order valence-corrected chi connectivity index (χ4v) is 6.89. The normalized spacial score (nSPS) is 12.2. The SMILES string of the molecule is c1ccc2c(c1)ccc1c3nc(-n4c5ccccc5c5ccccc54)nc(-n4c5ccccc5c5ccccc54)c3oc21. The molecule has 0 N–H and O–H groups in total. The van der Waals surface area contributed by atoms with E-state index < -0.39 is 0 Å². The Kier molecular flexibility index (Phi) is 4.39. The van der Waals surface area contributed by atoms with Crippen molar-refractivity contribution >= 4 is 76.5 Å². The van der Waals surface area contributed by atoms with Gasteiger partial charge in [0.15, 0.2) is 11.4 Å². The van der Waals surface area contributed by atoms with Crippen molar-refractivity contribution in [1.29, 1.82) is 0 Å². The number of nitrogens with zero attached hydrogens (tertiary/aromatic N) is 4. The number of rotatable bonds is 2. The Bertz CT molecular complexity index is 2640. The summed E-state index contributed by atoms with van der Waals surface area (Å²) >= 11 is 0. The van der Waals surface area contributed by atoms with Crippen molar-refractivity contribution in [1.82, 2.24) is 19.1 Å². The van der Waals surface area contributed by atoms with Crippen molar-refractivity contribution < 1.29 is 4.42 Å². The fourth-order valence-electron chi connectivity index (χ4n) is 6.89. The lowest BCUT2D eigenvalue weighted by Gasteiger charge is -2.11. The maximum atomic E-state index is 6.81. The first-order chi connectivity index (χ1) is 21.3. The maximum absolute atomic E-state index is 6.81. The summed E-state index contributed by atoms with van der Waals surface area (Å²) in [6.07, 6.45) is 0. The molecule has 0 aliphatic carbocycles. The first-order valence-corrected chi connectivity index (χ1v) is 14.4. The first-order valence-electron chi connectivity index (χ1n) is 14.4. The van der Waals surface area contributed by atoms with E-state index in [0.717, 1.165) is 55.1 Å². The highest BCUT2D eigenvalue weighted by Gasteiger charge is 2.24. The average molecular weight is 551 g/mol. The molecule has 10 aromatic rings. The molecule has 0 spiro atoms. The van der Waals surface area contributed by atoms with E-state index in [1.165, 1.54) is 21.5 Å². The van der Waals surface area contributed by atoms with Gasteiger partial charge in [-0.25, -0.2) is 4.98 Å². The minimum absolute atomic E-state index is 0.609. The summed E-state index contributed by atoms with van der Waals surface area (Å²) < 4.78 is 11.2. The van der Waals surface area contributed by atoms with Gasteiger partial charge in [0.25, 0.3) is 0 Å². The number of hydrogen-bond acceptors (Lipinski definition) is 3. The molecular weight excluding hydrogens is 528 g/mol. The van der Waals surface area contributed by atoms with Crippen molar-refractivity contribution in [3.05, 3.63) is 133 Å². The van der Waals surface area contributed by atoms with Crippen LogP contribution < -0.4 is 0 Å². The summed E-state index contributed by atoms with van der Waals surface area (Å²) in [5, 5.41) is 7.84. The van der Waals surface area contributed by atoms with E-state index in [1.807, 2.05) is 0 Å². The molecule has 4 aromatic heterocycles. The number of para-hydroxylation sites is 4. The number of furan rings is 1. The van der Waals surface area contributed by atoms with Crippen LogP contribution in [0.4, 0.5) is 0 Å². The Hall–Kier alpha value is -5.94. The summed E-state index contributed by atoms with van der Waals surface area (Å²) in [5.41, 5.74) is 6.56. The summed E-state index contributed by atoms with van der Waals surface area (Å²) in [6, 6.07) is 46.5. The molecule has 10 rings (SSSR count). The largest absolute Gasteiger partial charge is 0.450 e. The van der Waals surface area contributed by atoms with Crippen molar-refractivity contribution in [3.8, 4) is 11.8 Å². The van der Waals surface area contributed by atoms with E-state index in [1.54, 1.807) is 0 Å². The molecule has 0 saturated carbocycles. The van der Waals surface area contributed by atoms with Gasteiger partial charge < -0.3 is 4.42 Å². The molecular formula is C38H22N4O. The van der Waals surface area contributed by atoms with E-state index in [0.29, 0.717) is 11.5 Å². The smallest absolute Gasteiger partial charge is 0.237 e. The lowest BCUT2D eigenvalue weighted by molar-refractivity contribution is 0.665. The minimum atomic E-state index is 0.609. The molecule has 4 heterocycles. The predicted octanol–water partition coefficient (Wildman–Crippen LogP) is 9.72. The van der Waals surface area contributed by atoms with Crippen LogP contribution in [-0.4, -0.2) is 19.1 Å². The average Bonchev–Trinajstić information content (AvgIpc) is 3.72. The third kappa shape index (κ3) is 3.00. The van der Waals surface area contributed by atoms with Crippen LogP contribution in [0.1, 0.15) is 0 Å². The van der Waals surface area contributed by atoms with Crippen LogP contribution in [0.15, 0.2) is 138 Å². The van der Waals surface area contributed by atoms with Gasteiger partial charge in [-0.2, -0.15) is 4.98 Å². The Labute approximate surface area is 244 Å². The highest BCUT2D eigenvalue weighted by atomic mass is 16.3. The molecule has 0 fully saturated rings. The summed E-state index contributed by atoms with van der Waals surface area (Å²) in [7, 11) is 0. The molecule has 6 aromatic carbocycles. The second kappa shape index (κ2) is 8.30. The highest BCUT2D eigenvalue weighted by molar-refractivity contribution is 6.16. The minimum Gasteiger partial charge on any atom is -0.450 e. The first kappa shape index (κ1) is 22.7. The van der Waals surface area contributed by atoms with Crippen LogP contribution in [0.3, 0.4) is 0 Å². The Morgan fingerprint density at radius 2 is 0.884 bits per heavy atom. The van der Waals surface area contributed by atoms with Crippen LogP contribution in [0.25, 0.3) is 88.2 Å². The van der Waals surface area contributed by atoms with Gasteiger partial charge in [0.05, 0.1) is 22.1 Å². The third-order valence-corrected chi connectivity index (χ3v) is 8.75. The van der Waals surface area contributed by atoms with Crippen molar-refractivity contribution in [2.75, 3.05) is 0 Å². The second-order valence-electron chi connectivity index (χ2n) is 11.0. The lowest BCUT2D eigenvalue weighted by Crippen LogP contribution is -2.06. The molecule has 200 valence electrons. The Morgan fingerprint density at radius 3 is 1.47 bits per heavy atom. The van der Waals surface area contributed by atoms with E-state index in [-0.39, 0.29) is 0 Å². The van der Waals surface area contributed by atoms with Gasteiger partial charge in [-0.05, 0) is 35.7 Å². The zero-order valence-corrected chi connectivity index (χ0v) is 22.9. The molecule has 5 heteroatoms. The zero-order chi connectivity index (χ0) is 28.1. The molecule has 0 atom stereocenters. The lowest BCUT2D eigenvalue weighted by atomic mass is 10.1. The van der Waals surface area contributed by atoms with Gasteiger partial charge in [0.1, 0.15) is 11.1 Å². The van der Waals surface area contributed by atoms with E-state index in [2.05, 4.69) is 143 Å². The van der Waals surface area contributed by atoms with Crippen molar-refractivity contribution in [3.63, 3.8) is 0 Å². The zero-order valence-electron chi connectivity index (χ0n) is 22.9. The number of aromatic nitrogens is 4. The van der Waals surface area contributed by atoms with Gasteiger partial charge in [0.2, 0.25) is 5.95 Å². The van der Waals surface area contributed by atoms with Crippen molar-refractivity contribution in [2.45, 2.75) is 0 Å². The van der Waals surface area contributed by atoms with Crippen LogP contribution in [0, 0.1) is 0 Å². The molecule has 0 unspecified atom stereocenters. The number of fused-ring (bicyclic) bond motifs is 11. The predicted molar refractivity (Wildman–Crippen MR) is 175 cm³/mol. The van der Waals surface area contributed by atoms with Gasteiger partial charge in [-0.3, -0.25) is 9.13 Å². The Balaban J connectivity index is 1.43. The second-order valence-corrected chi connectivity index (χ2v) is 11.0. The van der Waals surface area contributed by atoms with Gasteiger partial charge in [0, 0.05) is 32.3 Å². The molecule has 5 nitrogen and oxygen atoms in total. The van der Waals surface area contributed by atoms with E-state index >= 15 is 0 Å². The fraction of sp³-hybridized carbons (Fsp3) is 0. The van der Waals surface area contributed by atoms with E-state index in [4.69, 9.17) is 14.4 Å². The molecule has 0 amide bonds. The molecule has 0 aliphatic rings. The highest BCUT2D eigenvalue weighted by Crippen LogP contribution is 2.40. The molecule has 0 saturated heterocycles. The van der Waals surface area contributed by atoms with Gasteiger partial charge in [-0.1, -0.05) is 103 Å². The van der Waals surface area contributed by atoms with Crippen LogP contribution in [0.2, 0.25) is 0 Å². The molecule has 43 heavy (non-hydrogen) atoms. The van der Waals surface area contributed by atoms with E-state index in [9.17, 15) is 0 Å². The molecule has 0 radical (unpaired) electrons. The summed E-state index contributed by atoms with van der Waals surface area (Å²) in [4.78, 5) is 10.7. The monoisotopic (exact) mass is 550 g/mol. The topological polar surface area (TPSA) is 48.8 Å². The van der Waals surface area contributed by atoms with Crippen LogP contribution >= 0.6 is 0 Å². The molecule has 0 bridgehead atoms. The quantitative estimate of drug-likeness (QED) is 0.215. The van der Waals surface area contributed by atoms with Gasteiger partial charge >= 0.3 is 0 Å². The number of hydrogen-bond donors (Lipinski definition) is 0. The van der Waals surface area contributed by atoms with Crippen LogP contribution in [0.5, 0.6) is 0 Å². The molecule has 0 aliphatic heterocycles. The van der Waals surface area contributed by atoms with Gasteiger partial charge in [-0.15, -0.1) is 0 Å². The summed E-state index contributed by atoms with van der Waals surface area (Å²) in [5.74, 6) is 1.33. The number of benzene rings is 6. The Morgan fingerprint density at radius 1 is 0.395 bits per heavy atom. The third-order valence-electron chi connectivity index (χ3n) is 8.75. The standard InChI is InChI=1S/C38H22N4O/c1-2-12-24-23(11-1)21-22-29-34-36(43-35(24)29)37(41-30-17-7-3-13-25(30)26-14-4-8-18-31(26)41)40-38(39-34)42-32-19-9-5-15-27(32)28-16-6-10-20-33(28)42/h1-22H.